The molecule has 24 heavy (non-hydrogen) atoms. The van der Waals surface area contributed by atoms with Crippen LogP contribution in [0.15, 0.2) is 18.2 Å². The number of carbonyl (C=O) groups excluding carboxylic acids is 2. The maximum atomic E-state index is 11.8. The summed E-state index contributed by atoms with van der Waals surface area (Å²) in [5.74, 6) is -0.809. The monoisotopic (exact) mass is 340 g/mol. The molecule has 0 bridgehead atoms. The molecule has 0 amide bonds. The number of rotatable bonds is 11. The SMILES string of the molecule is CCCOCCOCCOc1ccc(C(=O)OC)c(C(=O)OC)c1. The van der Waals surface area contributed by atoms with E-state index in [1.54, 1.807) is 6.07 Å². The highest BCUT2D eigenvalue weighted by molar-refractivity contribution is 6.03. The molecule has 0 radical (unpaired) electrons. The predicted octanol–water partition coefficient (Wildman–Crippen LogP) is 2.08. The molecule has 0 saturated carbocycles. The molecular weight excluding hydrogens is 316 g/mol. The highest BCUT2D eigenvalue weighted by Gasteiger charge is 2.19. The number of benzene rings is 1. The van der Waals surface area contributed by atoms with Crippen LogP contribution in [0.1, 0.15) is 34.1 Å². The van der Waals surface area contributed by atoms with E-state index < -0.39 is 11.9 Å². The number of hydrogen-bond acceptors (Lipinski definition) is 7. The first-order chi connectivity index (χ1) is 11.6. The molecule has 0 aliphatic rings. The molecule has 0 aliphatic carbocycles. The lowest BCUT2D eigenvalue weighted by atomic mass is 10.1. The molecule has 0 aromatic heterocycles. The smallest absolute Gasteiger partial charge is 0.338 e. The summed E-state index contributed by atoms with van der Waals surface area (Å²) in [6.45, 7) is 4.52. The lowest BCUT2D eigenvalue weighted by Crippen LogP contribution is -2.13. The van der Waals surface area contributed by atoms with Gasteiger partial charge < -0.3 is 23.7 Å². The zero-order valence-electron chi connectivity index (χ0n) is 14.3. The lowest BCUT2D eigenvalue weighted by Gasteiger charge is -2.11. The fraction of sp³-hybridized carbons (Fsp3) is 0.529. The molecule has 0 atom stereocenters. The third-order valence-corrected chi connectivity index (χ3v) is 3.02. The van der Waals surface area contributed by atoms with Gasteiger partial charge in [-0.3, -0.25) is 0 Å². The molecular formula is C17H24O7. The second-order valence-electron chi connectivity index (χ2n) is 4.76. The summed E-state index contributed by atoms with van der Waals surface area (Å²) in [5.41, 5.74) is 0.219. The zero-order chi connectivity index (χ0) is 17.8. The summed E-state index contributed by atoms with van der Waals surface area (Å²) in [7, 11) is 2.49. The van der Waals surface area contributed by atoms with Crippen LogP contribution in [0.4, 0.5) is 0 Å². The number of esters is 2. The van der Waals surface area contributed by atoms with Crippen molar-refractivity contribution in [1.82, 2.24) is 0 Å². The van der Waals surface area contributed by atoms with Crippen LogP contribution in [0.3, 0.4) is 0 Å². The van der Waals surface area contributed by atoms with Crippen LogP contribution < -0.4 is 4.74 Å². The molecule has 0 aliphatic heterocycles. The van der Waals surface area contributed by atoms with Crippen LogP contribution in [-0.4, -0.2) is 59.2 Å². The first kappa shape index (κ1) is 19.9. The second kappa shape index (κ2) is 11.4. The molecule has 134 valence electrons. The van der Waals surface area contributed by atoms with Crippen LogP contribution in [0.5, 0.6) is 5.75 Å². The summed E-state index contributed by atoms with van der Waals surface area (Å²) in [4.78, 5) is 23.5. The number of hydrogen-bond donors (Lipinski definition) is 0. The van der Waals surface area contributed by atoms with Crippen molar-refractivity contribution in [2.24, 2.45) is 0 Å². The highest BCUT2D eigenvalue weighted by atomic mass is 16.5. The topological polar surface area (TPSA) is 80.3 Å². The summed E-state index contributed by atoms with van der Waals surface area (Å²) in [6.07, 6.45) is 0.979. The van der Waals surface area contributed by atoms with E-state index in [0.717, 1.165) is 13.0 Å². The average molecular weight is 340 g/mol. The van der Waals surface area contributed by atoms with E-state index >= 15 is 0 Å². The Balaban J connectivity index is 2.51. The molecule has 0 fully saturated rings. The molecule has 1 aromatic carbocycles. The molecule has 0 spiro atoms. The van der Waals surface area contributed by atoms with Crippen molar-refractivity contribution in [3.05, 3.63) is 29.3 Å². The normalized spacial score (nSPS) is 10.3. The molecule has 7 nitrogen and oxygen atoms in total. The van der Waals surface area contributed by atoms with Gasteiger partial charge in [0.2, 0.25) is 0 Å². The first-order valence-corrected chi connectivity index (χ1v) is 7.73. The van der Waals surface area contributed by atoms with E-state index in [2.05, 4.69) is 9.47 Å². The Hall–Kier alpha value is -2.12. The van der Waals surface area contributed by atoms with Gasteiger partial charge >= 0.3 is 11.9 Å². The third kappa shape index (κ3) is 6.55. The molecule has 1 aromatic rings. The number of methoxy groups -OCH3 is 2. The van der Waals surface area contributed by atoms with Crippen molar-refractivity contribution in [2.75, 3.05) is 47.3 Å². The summed E-state index contributed by atoms with van der Waals surface area (Å²) >= 11 is 0. The van der Waals surface area contributed by atoms with Crippen LogP contribution in [0, 0.1) is 0 Å². The Morgan fingerprint density at radius 3 is 2.04 bits per heavy atom. The Labute approximate surface area is 141 Å². The fourth-order valence-corrected chi connectivity index (χ4v) is 1.86. The van der Waals surface area contributed by atoms with Crippen molar-refractivity contribution in [2.45, 2.75) is 13.3 Å². The van der Waals surface area contributed by atoms with Crippen molar-refractivity contribution in [3.63, 3.8) is 0 Å². The lowest BCUT2D eigenvalue weighted by molar-refractivity contribution is 0.0365. The van der Waals surface area contributed by atoms with Crippen LogP contribution >= 0.6 is 0 Å². The van der Waals surface area contributed by atoms with Gasteiger partial charge in [-0.1, -0.05) is 6.92 Å². The Kier molecular flexibility index (Phi) is 9.48. The highest BCUT2D eigenvalue weighted by Crippen LogP contribution is 2.19. The van der Waals surface area contributed by atoms with E-state index in [1.165, 1.54) is 26.4 Å². The van der Waals surface area contributed by atoms with Crippen LogP contribution in [-0.2, 0) is 18.9 Å². The number of ether oxygens (including phenoxy) is 5. The van der Waals surface area contributed by atoms with Gasteiger partial charge in [0.25, 0.3) is 0 Å². The quantitative estimate of drug-likeness (QED) is 0.451. The van der Waals surface area contributed by atoms with Crippen LogP contribution in [0.25, 0.3) is 0 Å². The Morgan fingerprint density at radius 2 is 1.42 bits per heavy atom. The number of carbonyl (C=O) groups is 2. The molecule has 0 heterocycles. The van der Waals surface area contributed by atoms with Gasteiger partial charge in [0.05, 0.1) is 45.2 Å². The zero-order valence-corrected chi connectivity index (χ0v) is 14.3. The van der Waals surface area contributed by atoms with E-state index in [9.17, 15) is 9.59 Å². The van der Waals surface area contributed by atoms with Gasteiger partial charge in [-0.15, -0.1) is 0 Å². The van der Waals surface area contributed by atoms with Crippen LogP contribution in [0.2, 0.25) is 0 Å². The van der Waals surface area contributed by atoms with Gasteiger partial charge in [0.15, 0.2) is 0 Å². The second-order valence-corrected chi connectivity index (χ2v) is 4.76. The van der Waals surface area contributed by atoms with Crippen molar-refractivity contribution >= 4 is 11.9 Å². The Morgan fingerprint density at radius 1 is 0.833 bits per heavy atom. The van der Waals surface area contributed by atoms with Gasteiger partial charge in [-0.2, -0.15) is 0 Å². The van der Waals surface area contributed by atoms with Gasteiger partial charge in [-0.25, -0.2) is 9.59 Å². The fourth-order valence-electron chi connectivity index (χ4n) is 1.86. The standard InChI is InChI=1S/C17H24O7/c1-4-7-22-8-9-23-10-11-24-13-5-6-14(16(18)20-2)15(12-13)17(19)21-3/h5-6,12H,4,7-11H2,1-3H3. The van der Waals surface area contributed by atoms with E-state index in [0.29, 0.717) is 32.2 Å². The molecule has 1 rings (SSSR count). The molecule has 0 unspecified atom stereocenters. The maximum absolute atomic E-state index is 11.8. The summed E-state index contributed by atoms with van der Waals surface area (Å²) in [5, 5.41) is 0. The minimum Gasteiger partial charge on any atom is -0.491 e. The van der Waals surface area contributed by atoms with E-state index in [-0.39, 0.29) is 11.1 Å². The minimum absolute atomic E-state index is 0.0933. The average Bonchev–Trinajstić information content (AvgIpc) is 2.62. The third-order valence-electron chi connectivity index (χ3n) is 3.02. The van der Waals surface area contributed by atoms with Crippen molar-refractivity contribution in [1.29, 1.82) is 0 Å². The van der Waals surface area contributed by atoms with E-state index in [4.69, 9.17) is 14.2 Å². The van der Waals surface area contributed by atoms with E-state index in [1.807, 2.05) is 6.92 Å². The van der Waals surface area contributed by atoms with Gasteiger partial charge in [0, 0.05) is 6.61 Å². The molecule has 0 saturated heterocycles. The molecule has 0 N–H and O–H groups in total. The van der Waals surface area contributed by atoms with Gasteiger partial charge in [0.1, 0.15) is 12.4 Å². The largest absolute Gasteiger partial charge is 0.491 e. The summed E-state index contributed by atoms with van der Waals surface area (Å²) < 4.78 is 25.5. The van der Waals surface area contributed by atoms with Crippen molar-refractivity contribution in [3.8, 4) is 5.75 Å². The summed E-state index contributed by atoms with van der Waals surface area (Å²) in [6, 6.07) is 4.50. The Bertz CT molecular complexity index is 528. The van der Waals surface area contributed by atoms with Gasteiger partial charge in [-0.05, 0) is 24.6 Å². The minimum atomic E-state index is -0.634. The first-order valence-electron chi connectivity index (χ1n) is 7.73. The maximum Gasteiger partial charge on any atom is 0.338 e. The molecule has 7 heteroatoms. The predicted molar refractivity (Wildman–Crippen MR) is 86.5 cm³/mol. The van der Waals surface area contributed by atoms with Crippen molar-refractivity contribution < 1.29 is 33.3 Å².